The fourth-order valence-corrected chi connectivity index (χ4v) is 3.81. The minimum absolute atomic E-state index is 0.282. The summed E-state index contributed by atoms with van der Waals surface area (Å²) in [4.78, 5) is 25.9. The first kappa shape index (κ1) is 23.3. The molecule has 0 spiro atoms. The van der Waals surface area contributed by atoms with Gasteiger partial charge in [-0.05, 0) is 48.1 Å². The van der Waals surface area contributed by atoms with Crippen molar-refractivity contribution >= 4 is 23.0 Å². The van der Waals surface area contributed by atoms with E-state index in [0.29, 0.717) is 41.7 Å². The van der Waals surface area contributed by atoms with Crippen molar-refractivity contribution < 1.29 is 9.53 Å². The largest absolute Gasteiger partial charge is 0.380 e. The van der Waals surface area contributed by atoms with E-state index in [2.05, 4.69) is 56.8 Å². The number of nitrogens with zero attached hydrogens (tertiary/aromatic N) is 3. The number of rotatable bonds is 9. The predicted octanol–water partition coefficient (Wildman–Crippen LogP) is 5.54. The van der Waals surface area contributed by atoms with Crippen LogP contribution < -0.4 is 10.6 Å². The molecule has 1 atom stereocenters. The number of benzene rings is 2. The van der Waals surface area contributed by atoms with Gasteiger partial charge < -0.3 is 10.1 Å². The van der Waals surface area contributed by atoms with Crippen LogP contribution in [0.4, 0.5) is 10.6 Å². The first-order chi connectivity index (χ1) is 16.6. The predicted molar refractivity (Wildman–Crippen MR) is 135 cm³/mol. The number of amides is 2. The number of ether oxygens (including phenoxy) is 1. The third-order valence-corrected chi connectivity index (χ3v) is 5.65. The number of carbonyl (C=O) groups excluding carboxylic acids is 1. The number of fused-ring (bicyclic) bond motifs is 1. The number of hydrogen-bond acceptors (Lipinski definition) is 5. The highest BCUT2D eigenvalue weighted by molar-refractivity contribution is 5.89. The first-order valence-electron chi connectivity index (χ1n) is 11.4. The molecule has 0 saturated carbocycles. The maximum Gasteiger partial charge on any atom is 0.320 e. The van der Waals surface area contributed by atoms with Gasteiger partial charge >= 0.3 is 6.03 Å². The molecule has 0 aliphatic heterocycles. The smallest absolute Gasteiger partial charge is 0.320 e. The highest BCUT2D eigenvalue weighted by atomic mass is 16.5. The molecule has 2 aromatic heterocycles. The van der Waals surface area contributed by atoms with E-state index in [0.717, 1.165) is 24.0 Å². The van der Waals surface area contributed by atoms with Crippen LogP contribution in [0.25, 0.3) is 22.4 Å². The Labute approximate surface area is 199 Å². The van der Waals surface area contributed by atoms with Crippen LogP contribution in [0.5, 0.6) is 0 Å². The highest BCUT2D eigenvalue weighted by Gasteiger charge is 2.09. The highest BCUT2D eigenvalue weighted by Crippen LogP contribution is 2.21. The van der Waals surface area contributed by atoms with Gasteiger partial charge in [-0.3, -0.25) is 10.3 Å². The maximum atomic E-state index is 12.3. The maximum absolute atomic E-state index is 12.3. The Hall–Kier alpha value is -3.84. The zero-order valence-corrected chi connectivity index (χ0v) is 19.5. The minimum Gasteiger partial charge on any atom is -0.380 e. The van der Waals surface area contributed by atoms with Gasteiger partial charge in [-0.15, -0.1) is 0 Å². The standard InChI is InChI=1S/C27H29N5O2/c1-19(21-10-4-3-5-11-21)8-7-15-28-27(33)32-25-14-13-23-26(31-25)30-24(17-29-23)22-12-6-9-20(16-22)18-34-2/h3-6,9-14,16-17,19H,7-8,15,18H2,1-2H3,(H2,28,30,31,32,33)/t19-/m1/s1. The molecule has 0 aliphatic carbocycles. The lowest BCUT2D eigenvalue weighted by molar-refractivity contribution is 0.185. The minimum atomic E-state index is -0.282. The molecule has 0 unspecified atom stereocenters. The monoisotopic (exact) mass is 455 g/mol. The van der Waals surface area contributed by atoms with Gasteiger partial charge in [-0.25, -0.2) is 14.8 Å². The first-order valence-corrected chi connectivity index (χ1v) is 11.4. The Bertz CT molecular complexity index is 1250. The van der Waals surface area contributed by atoms with Gasteiger partial charge in [0.15, 0.2) is 5.65 Å². The van der Waals surface area contributed by atoms with Crippen molar-refractivity contribution in [1.29, 1.82) is 0 Å². The second kappa shape index (κ2) is 11.3. The molecule has 0 saturated heterocycles. The molecule has 2 heterocycles. The van der Waals surface area contributed by atoms with Gasteiger partial charge in [0.2, 0.25) is 0 Å². The summed E-state index contributed by atoms with van der Waals surface area (Å²) in [5, 5.41) is 5.70. The molecule has 0 bridgehead atoms. The molecule has 0 fully saturated rings. The van der Waals surface area contributed by atoms with Gasteiger partial charge in [-0.1, -0.05) is 55.5 Å². The average Bonchev–Trinajstić information content (AvgIpc) is 2.87. The van der Waals surface area contributed by atoms with Gasteiger partial charge in [0, 0.05) is 19.2 Å². The summed E-state index contributed by atoms with van der Waals surface area (Å²) in [6.07, 6.45) is 3.63. The van der Waals surface area contributed by atoms with Crippen LogP contribution in [0.1, 0.15) is 36.8 Å². The van der Waals surface area contributed by atoms with Crippen LogP contribution in [0.15, 0.2) is 72.9 Å². The molecule has 2 amide bonds. The van der Waals surface area contributed by atoms with Crippen LogP contribution >= 0.6 is 0 Å². The zero-order chi connectivity index (χ0) is 23.8. The molecular formula is C27H29N5O2. The van der Waals surface area contributed by atoms with Crippen molar-refractivity contribution in [3.63, 3.8) is 0 Å². The van der Waals surface area contributed by atoms with Crippen LogP contribution in [-0.4, -0.2) is 34.6 Å². The van der Waals surface area contributed by atoms with E-state index in [-0.39, 0.29) is 6.03 Å². The number of anilines is 1. The summed E-state index contributed by atoms with van der Waals surface area (Å²) in [5.74, 6) is 0.887. The van der Waals surface area contributed by atoms with E-state index in [1.807, 2.05) is 30.3 Å². The third-order valence-electron chi connectivity index (χ3n) is 5.65. The summed E-state index contributed by atoms with van der Waals surface area (Å²) in [6.45, 7) is 3.33. The van der Waals surface area contributed by atoms with Crippen molar-refractivity contribution in [3.05, 3.63) is 84.1 Å². The van der Waals surface area contributed by atoms with Crippen LogP contribution in [0.3, 0.4) is 0 Å². The fraction of sp³-hybridized carbons (Fsp3) is 0.259. The Kier molecular flexibility index (Phi) is 7.78. The molecule has 7 heteroatoms. The van der Waals surface area contributed by atoms with Gasteiger partial charge in [0.1, 0.15) is 11.3 Å². The number of pyridine rings is 1. The molecule has 7 nitrogen and oxygen atoms in total. The summed E-state index contributed by atoms with van der Waals surface area (Å²) in [5.41, 5.74) is 5.17. The van der Waals surface area contributed by atoms with Crippen molar-refractivity contribution in [1.82, 2.24) is 20.3 Å². The molecule has 2 N–H and O–H groups in total. The van der Waals surface area contributed by atoms with E-state index < -0.39 is 0 Å². The van der Waals surface area contributed by atoms with Crippen molar-refractivity contribution in [2.24, 2.45) is 0 Å². The number of nitrogens with one attached hydrogen (secondary N) is 2. The normalized spacial score (nSPS) is 11.8. The topological polar surface area (TPSA) is 89.0 Å². The van der Waals surface area contributed by atoms with E-state index in [1.54, 1.807) is 25.4 Å². The molecule has 4 aromatic rings. The fourth-order valence-electron chi connectivity index (χ4n) is 3.81. The van der Waals surface area contributed by atoms with Crippen molar-refractivity contribution in [2.75, 3.05) is 19.0 Å². The lowest BCUT2D eigenvalue weighted by Gasteiger charge is -2.12. The second-order valence-corrected chi connectivity index (χ2v) is 8.26. The molecule has 4 rings (SSSR count). The second-order valence-electron chi connectivity index (χ2n) is 8.26. The molecule has 34 heavy (non-hydrogen) atoms. The lowest BCUT2D eigenvalue weighted by Crippen LogP contribution is -2.30. The lowest BCUT2D eigenvalue weighted by atomic mass is 9.96. The van der Waals surface area contributed by atoms with E-state index in [1.165, 1.54) is 5.56 Å². The Morgan fingerprint density at radius 2 is 1.88 bits per heavy atom. The summed E-state index contributed by atoms with van der Waals surface area (Å²) in [7, 11) is 1.67. The number of aromatic nitrogens is 3. The molecular weight excluding hydrogens is 426 g/mol. The SMILES string of the molecule is COCc1cccc(-c2cnc3ccc(NC(=O)NCCC[C@@H](C)c4ccccc4)nc3n2)c1. The summed E-state index contributed by atoms with van der Waals surface area (Å²) in [6, 6.07) is 21.6. The Morgan fingerprint density at radius 3 is 2.71 bits per heavy atom. The summed E-state index contributed by atoms with van der Waals surface area (Å²) >= 11 is 0. The van der Waals surface area contributed by atoms with Crippen LogP contribution in [-0.2, 0) is 11.3 Å². The number of carbonyl (C=O) groups is 1. The molecule has 0 radical (unpaired) electrons. The zero-order valence-electron chi connectivity index (χ0n) is 19.5. The summed E-state index contributed by atoms with van der Waals surface area (Å²) < 4.78 is 5.21. The van der Waals surface area contributed by atoms with E-state index in [9.17, 15) is 4.79 Å². The molecule has 174 valence electrons. The molecule has 0 aliphatic rings. The molecule has 2 aromatic carbocycles. The Balaban J connectivity index is 1.34. The number of methoxy groups -OCH3 is 1. The van der Waals surface area contributed by atoms with E-state index >= 15 is 0 Å². The third kappa shape index (κ3) is 6.14. The Morgan fingerprint density at radius 1 is 1.03 bits per heavy atom. The average molecular weight is 456 g/mol. The number of hydrogen-bond donors (Lipinski definition) is 2. The van der Waals surface area contributed by atoms with Gasteiger partial charge in [0.25, 0.3) is 0 Å². The quantitative estimate of drug-likeness (QED) is 0.323. The van der Waals surface area contributed by atoms with Gasteiger partial charge in [0.05, 0.1) is 18.5 Å². The van der Waals surface area contributed by atoms with Crippen molar-refractivity contribution in [2.45, 2.75) is 32.3 Å². The van der Waals surface area contributed by atoms with Crippen LogP contribution in [0, 0.1) is 0 Å². The van der Waals surface area contributed by atoms with Crippen molar-refractivity contribution in [3.8, 4) is 11.3 Å². The number of urea groups is 1. The van der Waals surface area contributed by atoms with Crippen LogP contribution in [0.2, 0.25) is 0 Å². The van der Waals surface area contributed by atoms with Gasteiger partial charge in [-0.2, -0.15) is 0 Å². The van der Waals surface area contributed by atoms with E-state index in [4.69, 9.17) is 4.74 Å².